The normalized spacial score (nSPS) is 11.0. The topological polar surface area (TPSA) is 178 Å². The Labute approximate surface area is 274 Å². The van der Waals surface area contributed by atoms with E-state index >= 15 is 0 Å². The molecule has 13 nitrogen and oxygen atoms in total. The van der Waals surface area contributed by atoms with Crippen molar-refractivity contribution in [2.24, 2.45) is 0 Å². The van der Waals surface area contributed by atoms with Crippen LogP contribution in [0.25, 0.3) is 0 Å². The average Bonchev–Trinajstić information content (AvgIpc) is 2.78. The predicted octanol–water partition coefficient (Wildman–Crippen LogP) is -2.34. The fraction of sp³-hybridized carbons (Fsp3) is 0.485. The monoisotopic (exact) mass is 650 g/mol. The van der Waals surface area contributed by atoms with Gasteiger partial charge in [-0.05, 0) is 6.07 Å². The van der Waals surface area contributed by atoms with Gasteiger partial charge in [0.05, 0.1) is 137 Å². The summed E-state index contributed by atoms with van der Waals surface area (Å²) in [6.07, 6.45) is 0. The third-order valence-corrected chi connectivity index (χ3v) is 3.44. The van der Waals surface area contributed by atoms with Crippen molar-refractivity contribution in [3.8, 4) is 0 Å². The summed E-state index contributed by atoms with van der Waals surface area (Å²) in [5.41, 5.74) is -6.62. The molecule has 0 unspecified atom stereocenters. The number of ketones is 1. The van der Waals surface area contributed by atoms with E-state index in [4.69, 9.17) is 0 Å². The Bertz CT molecular complexity index is 1260. The van der Waals surface area contributed by atoms with Gasteiger partial charge >= 0.3 is 0 Å². The van der Waals surface area contributed by atoms with Crippen LogP contribution in [0.3, 0.4) is 0 Å². The average molecular weight is 651 g/mol. The molecule has 0 amide bonds. The summed E-state index contributed by atoms with van der Waals surface area (Å²) >= 11 is 0. The molecule has 260 valence electrons. The molecule has 0 aliphatic rings. The van der Waals surface area contributed by atoms with Crippen molar-refractivity contribution >= 4 is 29.7 Å². The molecule has 2 aromatic carbocycles. The lowest BCUT2D eigenvalue weighted by atomic mass is 9.88. The molecular weight excluding hydrogens is 596 g/mol. The van der Waals surface area contributed by atoms with Crippen molar-refractivity contribution in [2.45, 2.75) is 0 Å². The molecule has 2 rings (SSSR count). The molecule has 0 saturated carbocycles. The van der Waals surface area contributed by atoms with Crippen molar-refractivity contribution in [3.05, 3.63) is 69.8 Å². The van der Waals surface area contributed by atoms with Crippen LogP contribution in [0.15, 0.2) is 36.4 Å². The number of hydrogen-bond donors (Lipinski definition) is 0. The second-order valence-corrected chi connectivity index (χ2v) is 15.7. The van der Waals surface area contributed by atoms with E-state index in [1.807, 2.05) is 0 Å². The van der Waals surface area contributed by atoms with E-state index in [2.05, 4.69) is 113 Å². The molecule has 0 atom stereocenters. The van der Waals surface area contributed by atoms with Crippen LogP contribution in [0.5, 0.6) is 0 Å². The van der Waals surface area contributed by atoms with E-state index in [1.54, 1.807) is 0 Å². The minimum absolute atomic E-state index is 0.107. The zero-order chi connectivity index (χ0) is 37.6. The van der Waals surface area contributed by atoms with E-state index < -0.39 is 57.5 Å². The summed E-state index contributed by atoms with van der Waals surface area (Å²) in [6, 6.07) is 7.28. The first-order valence-electron chi connectivity index (χ1n) is 14.0. The first kappa shape index (κ1) is 46.3. The molecule has 0 aliphatic carbocycles. The lowest BCUT2D eigenvalue weighted by Crippen LogP contribution is -2.39. The minimum atomic E-state index is -2.34. The van der Waals surface area contributed by atoms with Gasteiger partial charge in [-0.2, -0.15) is 0 Å². The number of hydrogen-bond acceptors (Lipinski definition) is 9. The summed E-state index contributed by atoms with van der Waals surface area (Å²) in [5.74, 6) is -10.1. The number of carbonyl (C=O) groups is 5. The Hall–Kier alpha value is -4.17. The quantitative estimate of drug-likeness (QED) is 0.245. The maximum absolute atomic E-state index is 12.5. The van der Waals surface area contributed by atoms with Gasteiger partial charge in [0, 0.05) is 33.4 Å². The number of aromatic carboxylic acids is 4. The van der Waals surface area contributed by atoms with E-state index in [-0.39, 0.29) is 5.56 Å². The zero-order valence-corrected chi connectivity index (χ0v) is 30.4. The Kier molecular flexibility index (Phi) is 18.8. The highest BCUT2D eigenvalue weighted by molar-refractivity contribution is 6.20. The lowest BCUT2D eigenvalue weighted by molar-refractivity contribution is -0.849. The van der Waals surface area contributed by atoms with Crippen molar-refractivity contribution in [1.82, 2.24) is 0 Å². The molecule has 0 saturated heterocycles. The molecule has 0 radical (unpaired) electrons. The molecule has 0 fully saturated rings. The van der Waals surface area contributed by atoms with Crippen molar-refractivity contribution in [1.29, 1.82) is 0 Å². The molecule has 0 bridgehead atoms. The van der Waals surface area contributed by atoms with Crippen LogP contribution in [0.2, 0.25) is 0 Å². The Morgan fingerprint density at radius 2 is 0.674 bits per heavy atom. The minimum Gasteiger partial charge on any atom is -0.545 e. The second-order valence-electron chi connectivity index (χ2n) is 15.7. The van der Waals surface area contributed by atoms with Crippen molar-refractivity contribution in [3.63, 3.8) is 0 Å². The zero-order valence-electron chi connectivity index (χ0n) is 30.4. The molecule has 0 heterocycles. The summed E-state index contributed by atoms with van der Waals surface area (Å²) < 4.78 is 4.00. The maximum Gasteiger partial charge on any atom is 0.193 e. The number of carbonyl (C=O) groups excluding carboxylic acids is 5. The highest BCUT2D eigenvalue weighted by Crippen LogP contribution is 2.25. The number of carboxylic acid groups (broad SMARTS) is 4. The van der Waals surface area contributed by atoms with Crippen molar-refractivity contribution in [2.75, 3.05) is 113 Å². The highest BCUT2D eigenvalue weighted by Gasteiger charge is 2.25. The lowest BCUT2D eigenvalue weighted by Gasteiger charge is -2.24. The van der Waals surface area contributed by atoms with E-state index in [1.165, 1.54) is 30.3 Å². The van der Waals surface area contributed by atoms with Gasteiger partial charge in [0.2, 0.25) is 0 Å². The van der Waals surface area contributed by atoms with Gasteiger partial charge in [-0.3, -0.25) is 4.79 Å². The van der Waals surface area contributed by atoms with Crippen LogP contribution in [0.1, 0.15) is 57.4 Å². The van der Waals surface area contributed by atoms with Gasteiger partial charge in [0.25, 0.3) is 0 Å². The first-order chi connectivity index (χ1) is 20.2. The van der Waals surface area contributed by atoms with Gasteiger partial charge in [0.1, 0.15) is 0 Å². The Balaban J connectivity index is -0.000000748. The van der Waals surface area contributed by atoms with E-state index in [9.17, 15) is 44.4 Å². The fourth-order valence-corrected chi connectivity index (χ4v) is 2.40. The van der Waals surface area contributed by atoms with Crippen LogP contribution in [-0.4, -0.2) is 160 Å². The number of nitrogens with zero attached hydrogens (tertiary/aromatic N) is 4. The van der Waals surface area contributed by atoms with Gasteiger partial charge in [-0.25, -0.2) is 0 Å². The number of carboxylic acids is 4. The van der Waals surface area contributed by atoms with Crippen molar-refractivity contribution < 1.29 is 62.3 Å². The molecule has 0 N–H and O–H groups in total. The Morgan fingerprint density at radius 3 is 0.913 bits per heavy atom. The summed E-state index contributed by atoms with van der Waals surface area (Å²) in [6.45, 7) is 0. The van der Waals surface area contributed by atoms with E-state index in [0.717, 1.165) is 17.9 Å². The standard InChI is InChI=1S/C17H10O9.4C4H12N/c18-13(7-4-2-1-3-5-7)8-6-9(14(19)20)11(16(23)24)12(17(25)26)10(8)15(21)22;4*1-5(2,3)4/h1-6H,(H,19,20)(H,21,22)(H,23,24)(H,25,26);4*1-4H3/q;4*+1/p-4. The summed E-state index contributed by atoms with van der Waals surface area (Å²) in [4.78, 5) is 57.6. The SMILES string of the molecule is C[N+](C)(C)C.C[N+](C)(C)C.C[N+](C)(C)C.C[N+](C)(C)C.O=C([O-])c1cc(C(=O)c2ccccc2)c(C(=O)[O-])c(C(=O)[O-])c1C(=O)[O-]. The fourth-order valence-electron chi connectivity index (χ4n) is 2.40. The molecule has 0 aromatic heterocycles. The summed E-state index contributed by atoms with van der Waals surface area (Å²) in [5, 5.41) is 45.1. The van der Waals surface area contributed by atoms with Crippen LogP contribution in [0, 0.1) is 0 Å². The number of quaternary nitrogens is 4. The van der Waals surface area contributed by atoms with Gasteiger partial charge in [0.15, 0.2) is 5.78 Å². The molecule has 0 spiro atoms. The predicted molar refractivity (Wildman–Crippen MR) is 169 cm³/mol. The molecular formula is C33H54N4O9. The third kappa shape index (κ3) is 26.3. The van der Waals surface area contributed by atoms with E-state index in [0.29, 0.717) is 6.07 Å². The van der Waals surface area contributed by atoms with Crippen LogP contribution >= 0.6 is 0 Å². The van der Waals surface area contributed by atoms with Gasteiger partial charge in [-0.1, -0.05) is 30.3 Å². The van der Waals surface area contributed by atoms with Gasteiger partial charge < -0.3 is 57.5 Å². The van der Waals surface area contributed by atoms with Gasteiger partial charge in [-0.15, -0.1) is 0 Å². The maximum atomic E-state index is 12.5. The molecule has 0 aliphatic heterocycles. The third-order valence-electron chi connectivity index (χ3n) is 3.44. The Morgan fingerprint density at radius 1 is 0.413 bits per heavy atom. The molecule has 13 heteroatoms. The van der Waals surface area contributed by atoms with Crippen LogP contribution in [-0.2, 0) is 0 Å². The largest absolute Gasteiger partial charge is 0.545 e. The molecule has 2 aromatic rings. The first-order valence-corrected chi connectivity index (χ1v) is 14.0. The molecule has 46 heavy (non-hydrogen) atoms. The highest BCUT2D eigenvalue weighted by atomic mass is 16.4. The smallest absolute Gasteiger partial charge is 0.193 e. The van der Waals surface area contributed by atoms with Crippen LogP contribution < -0.4 is 20.4 Å². The number of rotatable bonds is 6. The van der Waals surface area contributed by atoms with Crippen LogP contribution in [0.4, 0.5) is 0 Å². The number of benzene rings is 2. The second kappa shape index (κ2) is 18.7. The summed E-state index contributed by atoms with van der Waals surface area (Å²) in [7, 11) is 34.0.